The lowest BCUT2D eigenvalue weighted by Gasteiger charge is -2.31. The molecule has 104 valence electrons. The minimum atomic E-state index is -0.412. The van der Waals surface area contributed by atoms with Crippen molar-refractivity contribution in [1.82, 2.24) is 0 Å². The van der Waals surface area contributed by atoms with Gasteiger partial charge in [-0.1, -0.05) is 64.2 Å². The van der Waals surface area contributed by atoms with Crippen molar-refractivity contribution in [1.29, 1.82) is 0 Å². The number of aliphatic hydroxyl groups is 2. The monoisotopic (exact) mass is 260 g/mol. The quantitative estimate of drug-likeness (QED) is 0.800. The average Bonchev–Trinajstić information content (AvgIpc) is 2.28. The van der Waals surface area contributed by atoms with Crippen LogP contribution in [0.3, 0.4) is 0 Å². The van der Waals surface area contributed by atoms with Gasteiger partial charge in [0.1, 0.15) is 0 Å². The molecule has 19 heavy (non-hydrogen) atoms. The molecule has 0 heterocycles. The van der Waals surface area contributed by atoms with E-state index in [0.29, 0.717) is 0 Å². The van der Waals surface area contributed by atoms with E-state index in [1.807, 2.05) is 52.0 Å². The molecule has 0 bridgehead atoms. The third-order valence-corrected chi connectivity index (χ3v) is 4.03. The zero-order valence-corrected chi connectivity index (χ0v) is 12.2. The fourth-order valence-corrected chi connectivity index (χ4v) is 2.60. The first-order chi connectivity index (χ1) is 8.71. The van der Waals surface area contributed by atoms with Gasteiger partial charge >= 0.3 is 0 Å². The molecule has 0 fully saturated rings. The van der Waals surface area contributed by atoms with Gasteiger partial charge in [-0.3, -0.25) is 0 Å². The number of allylic oxidation sites excluding steroid dienone is 4. The zero-order valence-electron chi connectivity index (χ0n) is 12.2. The van der Waals surface area contributed by atoms with Gasteiger partial charge in [0.2, 0.25) is 0 Å². The Kier molecular flexibility index (Phi) is 3.59. The van der Waals surface area contributed by atoms with Crippen LogP contribution in [0.15, 0.2) is 47.6 Å². The van der Waals surface area contributed by atoms with E-state index in [9.17, 15) is 10.2 Å². The lowest BCUT2D eigenvalue weighted by atomic mass is 9.77. The van der Waals surface area contributed by atoms with Crippen LogP contribution in [0, 0.1) is 10.8 Å². The topological polar surface area (TPSA) is 40.5 Å². The van der Waals surface area contributed by atoms with Crippen LogP contribution in [0.2, 0.25) is 0 Å². The molecule has 2 nitrogen and oxygen atoms in total. The second-order valence-electron chi connectivity index (χ2n) is 6.87. The van der Waals surface area contributed by atoms with Crippen LogP contribution in [0.1, 0.15) is 34.1 Å². The first-order valence-corrected chi connectivity index (χ1v) is 6.87. The maximum atomic E-state index is 9.89. The molecule has 2 N–H and O–H groups in total. The van der Waals surface area contributed by atoms with Gasteiger partial charge in [0.25, 0.3) is 0 Å². The van der Waals surface area contributed by atoms with Crippen LogP contribution >= 0.6 is 0 Å². The molecule has 0 aliphatic heterocycles. The molecule has 2 aliphatic carbocycles. The predicted molar refractivity (Wildman–Crippen MR) is 78.6 cm³/mol. The minimum absolute atomic E-state index is 0.210. The van der Waals surface area contributed by atoms with E-state index < -0.39 is 12.2 Å². The van der Waals surface area contributed by atoms with Crippen molar-refractivity contribution in [3.63, 3.8) is 0 Å². The van der Waals surface area contributed by atoms with Crippen molar-refractivity contribution < 1.29 is 10.2 Å². The highest BCUT2D eigenvalue weighted by Gasteiger charge is 2.28. The van der Waals surface area contributed by atoms with Crippen molar-refractivity contribution in [3.8, 4) is 0 Å². The summed E-state index contributed by atoms with van der Waals surface area (Å²) in [5.41, 5.74) is 2.02. The Hall–Kier alpha value is -1.12. The van der Waals surface area contributed by atoms with E-state index in [2.05, 4.69) is 12.2 Å². The van der Waals surface area contributed by atoms with E-state index in [1.54, 1.807) is 0 Å². The van der Waals surface area contributed by atoms with Gasteiger partial charge < -0.3 is 10.2 Å². The zero-order chi connectivity index (χ0) is 14.3. The van der Waals surface area contributed by atoms with Crippen LogP contribution in [-0.2, 0) is 0 Å². The molecule has 0 amide bonds. The largest absolute Gasteiger partial charge is 0.388 e. The van der Waals surface area contributed by atoms with Crippen molar-refractivity contribution in [2.75, 3.05) is 0 Å². The third-order valence-electron chi connectivity index (χ3n) is 4.03. The van der Waals surface area contributed by atoms with Gasteiger partial charge in [0.05, 0.1) is 12.2 Å². The Morgan fingerprint density at radius 3 is 1.53 bits per heavy atom. The third kappa shape index (κ3) is 3.07. The second-order valence-corrected chi connectivity index (χ2v) is 6.87. The maximum Gasteiger partial charge on any atom is 0.0809 e. The molecule has 2 aliphatic rings. The van der Waals surface area contributed by atoms with E-state index in [-0.39, 0.29) is 10.8 Å². The van der Waals surface area contributed by atoms with Crippen LogP contribution in [0.4, 0.5) is 0 Å². The summed E-state index contributed by atoms with van der Waals surface area (Å²) in [6, 6.07) is 0. The summed E-state index contributed by atoms with van der Waals surface area (Å²) < 4.78 is 0. The molecule has 0 aromatic heterocycles. The minimum Gasteiger partial charge on any atom is -0.388 e. The highest BCUT2D eigenvalue weighted by molar-refractivity contribution is 5.38. The molecule has 2 atom stereocenters. The molecular formula is C17H24O2. The van der Waals surface area contributed by atoms with Crippen molar-refractivity contribution in [2.24, 2.45) is 10.8 Å². The highest BCUT2D eigenvalue weighted by Crippen LogP contribution is 2.35. The molecule has 0 aromatic carbocycles. The van der Waals surface area contributed by atoms with E-state index >= 15 is 0 Å². The van der Waals surface area contributed by atoms with Crippen molar-refractivity contribution >= 4 is 0 Å². The molecule has 2 heteroatoms. The number of aliphatic hydroxyl groups excluding tert-OH is 2. The summed E-state index contributed by atoms with van der Waals surface area (Å²) in [5.74, 6) is 0. The van der Waals surface area contributed by atoms with Gasteiger partial charge in [-0.15, -0.1) is 0 Å². The molecular weight excluding hydrogens is 236 g/mol. The molecule has 0 spiro atoms. The lowest BCUT2D eigenvalue weighted by Crippen LogP contribution is -2.28. The van der Waals surface area contributed by atoms with Crippen LogP contribution in [0.25, 0.3) is 0 Å². The average molecular weight is 260 g/mol. The first-order valence-electron chi connectivity index (χ1n) is 6.87. The summed E-state index contributed by atoms with van der Waals surface area (Å²) in [6.45, 7) is 8.17. The molecule has 0 radical (unpaired) electrons. The van der Waals surface area contributed by atoms with Crippen LogP contribution in [0.5, 0.6) is 0 Å². The highest BCUT2D eigenvalue weighted by atomic mass is 16.3. The van der Waals surface area contributed by atoms with Gasteiger partial charge in [-0.05, 0) is 17.6 Å². The van der Waals surface area contributed by atoms with E-state index in [1.165, 1.54) is 11.1 Å². The predicted octanol–water partition coefficient (Wildman–Crippen LogP) is 3.14. The molecule has 0 aromatic rings. The Morgan fingerprint density at radius 2 is 1.21 bits per heavy atom. The van der Waals surface area contributed by atoms with Gasteiger partial charge in [-0.25, -0.2) is 0 Å². The number of rotatable bonds is 2. The fraction of sp³-hybridized carbons (Fsp3) is 0.529. The Bertz CT molecular complexity index is 431. The normalized spacial score (nSPS) is 31.9. The summed E-state index contributed by atoms with van der Waals surface area (Å²) in [7, 11) is 0. The summed E-state index contributed by atoms with van der Waals surface area (Å²) in [6.07, 6.45) is 12.0. The Morgan fingerprint density at radius 1 is 0.842 bits per heavy atom. The maximum absolute atomic E-state index is 9.89. The standard InChI is InChI=1S/C17H24O2/c1-16(2)10-12(5-7-14(16)18)9-13-6-8-15(19)17(3,4)11-13/h5-8,10-11,14-15,18-19H,9H2,1-4H3. The summed E-state index contributed by atoms with van der Waals surface area (Å²) in [5, 5.41) is 19.8. The number of hydrogen-bond donors (Lipinski definition) is 2. The number of hydrogen-bond acceptors (Lipinski definition) is 2. The Labute approximate surface area is 115 Å². The molecule has 2 rings (SSSR count). The molecule has 0 saturated heterocycles. The summed E-state index contributed by atoms with van der Waals surface area (Å²) in [4.78, 5) is 0. The smallest absolute Gasteiger partial charge is 0.0809 e. The fourth-order valence-electron chi connectivity index (χ4n) is 2.60. The molecule has 2 unspecified atom stereocenters. The lowest BCUT2D eigenvalue weighted by molar-refractivity contribution is 0.122. The van der Waals surface area contributed by atoms with E-state index in [0.717, 1.165) is 6.42 Å². The SMILES string of the molecule is CC1(C)C=C(CC2=CC(C)(C)C(O)C=C2)C=CC1O. The second kappa shape index (κ2) is 4.77. The van der Waals surface area contributed by atoms with Crippen molar-refractivity contribution in [2.45, 2.75) is 46.3 Å². The van der Waals surface area contributed by atoms with Crippen LogP contribution in [-0.4, -0.2) is 22.4 Å². The van der Waals surface area contributed by atoms with Crippen molar-refractivity contribution in [3.05, 3.63) is 47.6 Å². The molecule has 0 saturated carbocycles. The van der Waals surface area contributed by atoms with Gasteiger partial charge in [0.15, 0.2) is 0 Å². The Balaban J connectivity index is 2.16. The van der Waals surface area contributed by atoms with Crippen LogP contribution < -0.4 is 0 Å². The first kappa shape index (κ1) is 14.3. The van der Waals surface area contributed by atoms with E-state index in [4.69, 9.17) is 0 Å². The van der Waals surface area contributed by atoms with Gasteiger partial charge in [-0.2, -0.15) is 0 Å². The summed E-state index contributed by atoms with van der Waals surface area (Å²) >= 11 is 0. The van der Waals surface area contributed by atoms with Gasteiger partial charge in [0, 0.05) is 10.8 Å².